The van der Waals surface area contributed by atoms with Crippen LogP contribution in [0.4, 0.5) is 5.82 Å². The molecular weight excluding hydrogens is 322 g/mol. The third-order valence-corrected chi connectivity index (χ3v) is 4.62. The van der Waals surface area contributed by atoms with Crippen molar-refractivity contribution in [3.05, 3.63) is 64.4 Å². The number of hydrogen-bond acceptors (Lipinski definition) is 4. The van der Waals surface area contributed by atoms with Crippen LogP contribution < -0.4 is 5.32 Å². The third-order valence-electron chi connectivity index (χ3n) is 4.62. The lowest BCUT2D eigenvalue weighted by Crippen LogP contribution is -2.11. The standard InChI is InChI=1S/C21H27N5/c1-6-19-16(4)24-17(5)25-21(19)22-10-9-18-12-23-26(13-18)20-8-7-14(2)11-15(20)3/h7-8,11-13H,6,9-10H2,1-5H3,(H,22,24,25). The summed E-state index contributed by atoms with van der Waals surface area (Å²) < 4.78 is 1.96. The Morgan fingerprint density at radius 1 is 1.08 bits per heavy atom. The van der Waals surface area contributed by atoms with Gasteiger partial charge in [-0.1, -0.05) is 24.6 Å². The maximum absolute atomic E-state index is 4.57. The summed E-state index contributed by atoms with van der Waals surface area (Å²) in [5.74, 6) is 1.77. The minimum absolute atomic E-state index is 0.810. The Labute approximate surface area is 155 Å². The number of nitrogens with one attached hydrogen (secondary N) is 1. The van der Waals surface area contributed by atoms with Gasteiger partial charge in [-0.25, -0.2) is 14.6 Å². The van der Waals surface area contributed by atoms with Crippen LogP contribution in [0.1, 0.15) is 40.7 Å². The molecule has 0 aliphatic carbocycles. The average molecular weight is 349 g/mol. The van der Waals surface area contributed by atoms with Crippen LogP contribution in [0.3, 0.4) is 0 Å². The molecule has 5 heteroatoms. The fraction of sp³-hybridized carbons (Fsp3) is 0.381. The molecule has 0 radical (unpaired) electrons. The van der Waals surface area contributed by atoms with Crippen LogP contribution in [-0.2, 0) is 12.8 Å². The van der Waals surface area contributed by atoms with Gasteiger partial charge < -0.3 is 5.32 Å². The van der Waals surface area contributed by atoms with E-state index in [2.05, 4.69) is 65.6 Å². The lowest BCUT2D eigenvalue weighted by molar-refractivity contribution is 0.870. The summed E-state index contributed by atoms with van der Waals surface area (Å²) in [5, 5.41) is 8.00. The van der Waals surface area contributed by atoms with Crippen molar-refractivity contribution in [3.8, 4) is 5.69 Å². The molecule has 0 atom stereocenters. The molecule has 0 bridgehead atoms. The molecule has 5 nitrogen and oxygen atoms in total. The Balaban J connectivity index is 1.68. The quantitative estimate of drug-likeness (QED) is 0.727. The molecule has 26 heavy (non-hydrogen) atoms. The fourth-order valence-electron chi connectivity index (χ4n) is 3.31. The molecule has 0 saturated heterocycles. The highest BCUT2D eigenvalue weighted by molar-refractivity contribution is 5.46. The molecule has 0 spiro atoms. The van der Waals surface area contributed by atoms with Crippen LogP contribution in [-0.4, -0.2) is 26.3 Å². The van der Waals surface area contributed by atoms with Gasteiger partial charge in [0, 0.05) is 24.0 Å². The van der Waals surface area contributed by atoms with Crippen molar-refractivity contribution >= 4 is 5.82 Å². The number of hydrogen-bond donors (Lipinski definition) is 1. The van der Waals surface area contributed by atoms with E-state index in [0.717, 1.165) is 42.4 Å². The molecule has 1 aromatic carbocycles. The molecule has 2 heterocycles. The normalized spacial score (nSPS) is 11.0. The second kappa shape index (κ2) is 7.68. The van der Waals surface area contributed by atoms with E-state index in [-0.39, 0.29) is 0 Å². The molecule has 0 aliphatic heterocycles. The highest BCUT2D eigenvalue weighted by Crippen LogP contribution is 2.18. The topological polar surface area (TPSA) is 55.6 Å². The average Bonchev–Trinajstić information content (AvgIpc) is 3.03. The van der Waals surface area contributed by atoms with Crippen LogP contribution in [0.5, 0.6) is 0 Å². The van der Waals surface area contributed by atoms with E-state index in [0.29, 0.717) is 0 Å². The summed E-state index contributed by atoms with van der Waals surface area (Å²) in [6, 6.07) is 6.43. The summed E-state index contributed by atoms with van der Waals surface area (Å²) in [5.41, 5.74) is 7.09. The first kappa shape index (κ1) is 18.1. The Hall–Kier alpha value is -2.69. The molecule has 0 fully saturated rings. The summed E-state index contributed by atoms with van der Waals surface area (Å²) in [6.07, 6.45) is 5.88. The van der Waals surface area contributed by atoms with Crippen molar-refractivity contribution in [1.82, 2.24) is 19.7 Å². The van der Waals surface area contributed by atoms with Gasteiger partial charge in [0.1, 0.15) is 11.6 Å². The monoisotopic (exact) mass is 349 g/mol. The van der Waals surface area contributed by atoms with Crippen molar-refractivity contribution < 1.29 is 0 Å². The number of rotatable bonds is 6. The predicted octanol–water partition coefficient (Wildman–Crippen LogP) is 4.11. The zero-order chi connectivity index (χ0) is 18.7. The first-order valence-electron chi connectivity index (χ1n) is 9.17. The molecule has 2 aromatic heterocycles. The molecule has 0 unspecified atom stereocenters. The van der Waals surface area contributed by atoms with Gasteiger partial charge in [-0.2, -0.15) is 5.10 Å². The largest absolute Gasteiger partial charge is 0.369 e. The van der Waals surface area contributed by atoms with E-state index in [4.69, 9.17) is 0 Å². The maximum Gasteiger partial charge on any atom is 0.133 e. The second-order valence-electron chi connectivity index (χ2n) is 6.80. The first-order valence-corrected chi connectivity index (χ1v) is 9.17. The summed E-state index contributed by atoms with van der Waals surface area (Å²) >= 11 is 0. The number of anilines is 1. The SMILES string of the molecule is CCc1c(C)nc(C)nc1NCCc1cnn(-c2ccc(C)cc2C)c1. The number of aryl methyl sites for hydroxylation is 4. The van der Waals surface area contributed by atoms with Crippen LogP contribution in [0.2, 0.25) is 0 Å². The molecule has 136 valence electrons. The highest BCUT2D eigenvalue weighted by Gasteiger charge is 2.09. The van der Waals surface area contributed by atoms with Crippen LogP contribution in [0.25, 0.3) is 5.69 Å². The van der Waals surface area contributed by atoms with E-state index in [1.165, 1.54) is 22.3 Å². The highest BCUT2D eigenvalue weighted by atomic mass is 15.3. The second-order valence-corrected chi connectivity index (χ2v) is 6.80. The summed E-state index contributed by atoms with van der Waals surface area (Å²) in [7, 11) is 0. The maximum atomic E-state index is 4.57. The summed E-state index contributed by atoms with van der Waals surface area (Å²) in [4.78, 5) is 9.02. The Kier molecular flexibility index (Phi) is 5.35. The van der Waals surface area contributed by atoms with E-state index < -0.39 is 0 Å². The van der Waals surface area contributed by atoms with Gasteiger partial charge in [0.25, 0.3) is 0 Å². The van der Waals surface area contributed by atoms with Crippen molar-refractivity contribution in [2.24, 2.45) is 0 Å². The van der Waals surface area contributed by atoms with E-state index in [1.54, 1.807) is 0 Å². The van der Waals surface area contributed by atoms with Gasteiger partial charge >= 0.3 is 0 Å². The Morgan fingerprint density at radius 2 is 1.88 bits per heavy atom. The van der Waals surface area contributed by atoms with Gasteiger partial charge in [0.15, 0.2) is 0 Å². The molecule has 0 saturated carbocycles. The molecule has 3 aromatic rings. The zero-order valence-electron chi connectivity index (χ0n) is 16.3. The lowest BCUT2D eigenvalue weighted by Gasteiger charge is -2.12. The number of aromatic nitrogens is 4. The lowest BCUT2D eigenvalue weighted by atomic mass is 10.1. The summed E-state index contributed by atoms with van der Waals surface area (Å²) in [6.45, 7) is 11.2. The molecule has 0 amide bonds. The molecular formula is C21H27N5. The van der Waals surface area contributed by atoms with Gasteiger partial charge in [0.2, 0.25) is 0 Å². The van der Waals surface area contributed by atoms with Crippen molar-refractivity contribution in [2.45, 2.75) is 47.5 Å². The molecule has 3 rings (SSSR count). The number of benzene rings is 1. The minimum atomic E-state index is 0.810. The van der Waals surface area contributed by atoms with E-state index in [1.807, 2.05) is 24.7 Å². The Morgan fingerprint density at radius 3 is 2.62 bits per heavy atom. The van der Waals surface area contributed by atoms with Crippen molar-refractivity contribution in [2.75, 3.05) is 11.9 Å². The third kappa shape index (κ3) is 3.93. The van der Waals surface area contributed by atoms with Gasteiger partial charge in [-0.3, -0.25) is 0 Å². The minimum Gasteiger partial charge on any atom is -0.369 e. The van der Waals surface area contributed by atoms with Gasteiger partial charge in [-0.05, 0) is 57.7 Å². The van der Waals surface area contributed by atoms with Crippen LogP contribution in [0.15, 0.2) is 30.6 Å². The van der Waals surface area contributed by atoms with Gasteiger partial charge in [0.05, 0.1) is 11.9 Å². The van der Waals surface area contributed by atoms with Crippen LogP contribution in [0, 0.1) is 27.7 Å². The molecule has 1 N–H and O–H groups in total. The zero-order valence-corrected chi connectivity index (χ0v) is 16.3. The number of nitrogens with zero attached hydrogens (tertiary/aromatic N) is 4. The fourth-order valence-corrected chi connectivity index (χ4v) is 3.31. The van der Waals surface area contributed by atoms with E-state index >= 15 is 0 Å². The molecule has 0 aliphatic rings. The predicted molar refractivity (Wildman–Crippen MR) is 106 cm³/mol. The first-order chi connectivity index (χ1) is 12.5. The smallest absolute Gasteiger partial charge is 0.133 e. The van der Waals surface area contributed by atoms with Gasteiger partial charge in [-0.15, -0.1) is 0 Å². The van der Waals surface area contributed by atoms with Crippen molar-refractivity contribution in [1.29, 1.82) is 0 Å². The van der Waals surface area contributed by atoms with Crippen LogP contribution >= 0.6 is 0 Å². The van der Waals surface area contributed by atoms with Crippen molar-refractivity contribution in [3.63, 3.8) is 0 Å². The Bertz CT molecular complexity index is 911. The van der Waals surface area contributed by atoms with E-state index in [9.17, 15) is 0 Å².